The number of hydrogen-bond acceptors (Lipinski definition) is 4. The molecule has 8 bridgehead atoms. The van der Waals surface area contributed by atoms with Gasteiger partial charge in [0.1, 0.15) is 0 Å². The zero-order chi connectivity index (χ0) is 40.4. The second-order valence-corrected chi connectivity index (χ2v) is 17.8. The number of aromatic amines is 2. The molecular weight excluding hydrogens is 742 g/mol. The number of H-pyrrole nitrogens is 2. The molecule has 10 nitrogen and oxygen atoms in total. The highest BCUT2D eigenvalue weighted by Crippen LogP contribution is 2.45. The molecule has 5 heterocycles. The van der Waals surface area contributed by atoms with Crippen LogP contribution in [0, 0.1) is 13.8 Å². The van der Waals surface area contributed by atoms with Crippen LogP contribution in [-0.4, -0.2) is 39.5 Å². The predicted molar refractivity (Wildman–Crippen MR) is 229 cm³/mol. The van der Waals surface area contributed by atoms with Crippen LogP contribution < -0.4 is 10.6 Å². The van der Waals surface area contributed by atoms with Crippen molar-refractivity contribution in [2.24, 2.45) is 0 Å². The highest BCUT2D eigenvalue weighted by Gasteiger charge is 2.28. The fourth-order valence-corrected chi connectivity index (χ4v) is 9.74. The van der Waals surface area contributed by atoms with Crippen LogP contribution in [0.4, 0.5) is 0 Å². The smallest absolute Gasteiger partial charge is 0.354 e. The van der Waals surface area contributed by atoms with E-state index in [1.807, 2.05) is 26.0 Å². The van der Waals surface area contributed by atoms with Crippen molar-refractivity contribution in [2.45, 2.75) is 81.1 Å². The van der Waals surface area contributed by atoms with Crippen LogP contribution in [0.15, 0.2) is 60.7 Å². The van der Waals surface area contributed by atoms with Crippen LogP contribution in [0.3, 0.4) is 0 Å². The predicted octanol–water partition coefficient (Wildman–Crippen LogP) is 9.68. The molecule has 5 aromatic rings. The average molecular weight is 791 g/mol. The van der Waals surface area contributed by atoms with Crippen molar-refractivity contribution in [1.82, 2.24) is 19.9 Å². The molecule has 290 valence electrons. The van der Waals surface area contributed by atoms with Crippen molar-refractivity contribution in [3.8, 4) is 22.3 Å². The van der Waals surface area contributed by atoms with Gasteiger partial charge in [-0.15, -0.1) is 0 Å². The first kappa shape index (κ1) is 39.6. The number of rotatable bonds is 8. The summed E-state index contributed by atoms with van der Waals surface area (Å²) < 4.78 is 25.1. The van der Waals surface area contributed by atoms with Crippen molar-refractivity contribution < 1.29 is 28.7 Å². The van der Waals surface area contributed by atoms with Crippen molar-refractivity contribution in [2.75, 3.05) is 0 Å². The molecule has 2 aromatic carbocycles. The lowest BCUT2D eigenvalue weighted by molar-refractivity contribution is 0.385. The zero-order valence-electron chi connectivity index (χ0n) is 33.0. The Morgan fingerprint density at radius 1 is 0.554 bits per heavy atom. The summed E-state index contributed by atoms with van der Waals surface area (Å²) in [6, 6.07) is 17.3. The van der Waals surface area contributed by atoms with E-state index < -0.39 is 15.2 Å². The number of fused-ring (bicyclic) bond motifs is 8. The van der Waals surface area contributed by atoms with Crippen molar-refractivity contribution >= 4 is 70.2 Å². The van der Waals surface area contributed by atoms with E-state index in [-0.39, 0.29) is 10.6 Å². The number of aromatic nitrogens is 4. The third kappa shape index (κ3) is 6.68. The minimum Gasteiger partial charge on any atom is -0.354 e. The molecule has 2 aliphatic heterocycles. The third-order valence-electron chi connectivity index (χ3n) is 11.4. The Labute approximate surface area is 326 Å². The van der Waals surface area contributed by atoms with Gasteiger partial charge in [0.2, 0.25) is 0 Å². The second kappa shape index (κ2) is 14.7. The highest BCUT2D eigenvalue weighted by molar-refractivity contribution is 7.60. The molecule has 0 unspecified atom stereocenters. The minimum absolute atomic E-state index is 0.0559. The van der Waals surface area contributed by atoms with Gasteiger partial charge >= 0.3 is 15.2 Å². The molecule has 0 spiro atoms. The standard InChI is InChI=1S/C44H48N4O6P2/c1-9-31-23(5)41-39(27-15-13-17-29(19-27)55(49,50)51)42-25(7)33(11-3)37(47-42)22-38-34(12-4)26(8)44(48-38)40(28-16-14-18-30(20-28)56(52,53)54)43-24(6)32(10-2)36(46-43)21-35(31)45-41/h13-22,45,47H,9-12H2,1-8H3,(H2,49,50,51)(H2,52,53,54). The van der Waals surface area contributed by atoms with Gasteiger partial charge in [-0.1, -0.05) is 52.0 Å². The number of hydrogen-bond donors (Lipinski definition) is 6. The van der Waals surface area contributed by atoms with Gasteiger partial charge in [0.15, 0.2) is 0 Å². The molecule has 7 rings (SSSR count). The monoisotopic (exact) mass is 790 g/mol. The first-order chi connectivity index (χ1) is 26.5. The summed E-state index contributed by atoms with van der Waals surface area (Å²) in [5, 5.41) is -0.130. The van der Waals surface area contributed by atoms with Gasteiger partial charge in [-0.05, 0) is 145 Å². The van der Waals surface area contributed by atoms with Crippen LogP contribution in [0.5, 0.6) is 0 Å². The molecule has 3 aromatic heterocycles. The Morgan fingerprint density at radius 3 is 1.30 bits per heavy atom. The van der Waals surface area contributed by atoms with E-state index in [0.717, 1.165) is 83.6 Å². The van der Waals surface area contributed by atoms with Crippen LogP contribution in [0.1, 0.15) is 99.4 Å². The zero-order valence-corrected chi connectivity index (χ0v) is 34.8. The molecule has 0 fully saturated rings. The summed E-state index contributed by atoms with van der Waals surface area (Å²) in [5.41, 5.74) is 17.4. The quantitative estimate of drug-likeness (QED) is 0.0844. The van der Waals surface area contributed by atoms with Gasteiger partial charge in [-0.25, -0.2) is 9.97 Å². The summed E-state index contributed by atoms with van der Waals surface area (Å²) in [5.74, 6) is 0. The Kier molecular flexibility index (Phi) is 10.4. The fraction of sp³-hybridized carbons (Fsp3) is 0.273. The summed E-state index contributed by atoms with van der Waals surface area (Å²) >= 11 is 0. The molecule has 0 amide bonds. The average Bonchev–Trinajstić information content (AvgIpc) is 3.84. The Hall–Kier alpha value is -4.66. The van der Waals surface area contributed by atoms with Crippen molar-refractivity contribution in [1.29, 1.82) is 0 Å². The summed E-state index contributed by atoms with van der Waals surface area (Å²) in [7, 11) is -9.13. The van der Waals surface area contributed by atoms with Gasteiger partial charge in [-0.2, -0.15) is 0 Å². The lowest BCUT2D eigenvalue weighted by Gasteiger charge is -2.12. The van der Waals surface area contributed by atoms with E-state index in [1.54, 1.807) is 24.3 Å². The minimum atomic E-state index is -4.57. The maximum Gasteiger partial charge on any atom is 0.356 e. The topological polar surface area (TPSA) is 172 Å². The number of nitrogens with one attached hydrogen (secondary N) is 2. The lowest BCUT2D eigenvalue weighted by atomic mass is 9.93. The highest BCUT2D eigenvalue weighted by atomic mass is 31.2. The number of benzene rings is 2. The van der Waals surface area contributed by atoms with Crippen molar-refractivity contribution in [3.05, 3.63) is 106 Å². The SMILES string of the molecule is CCC1=C(C)c2nc1cc1[nH]c(c(C)c1CC)c(-c1cccc(P(=O)(O)O)c1)c1[nH]c(cc3nc(c2-c2cccc(P(=O)(O)O)c2)C(C)=C3CC)c(CC)c1C. The number of allylic oxidation sites excluding steroid dienone is 4. The van der Waals surface area contributed by atoms with E-state index in [4.69, 9.17) is 9.97 Å². The molecule has 12 heteroatoms. The molecule has 0 saturated heterocycles. The summed E-state index contributed by atoms with van der Waals surface area (Å²) in [6.07, 6.45) is 2.81. The van der Waals surface area contributed by atoms with Crippen LogP contribution >= 0.6 is 15.2 Å². The Balaban J connectivity index is 1.76. The van der Waals surface area contributed by atoms with Crippen LogP contribution in [-0.2, 0) is 22.0 Å². The number of nitrogens with zero attached hydrogens (tertiary/aromatic N) is 2. The van der Waals surface area contributed by atoms with E-state index in [0.29, 0.717) is 53.8 Å². The molecule has 6 N–H and O–H groups in total. The summed E-state index contributed by atoms with van der Waals surface area (Å²) in [6.45, 7) is 16.7. The molecular formula is C44H48N4O6P2. The molecule has 0 atom stereocenters. The lowest BCUT2D eigenvalue weighted by Crippen LogP contribution is -2.04. The van der Waals surface area contributed by atoms with Gasteiger partial charge in [0.25, 0.3) is 0 Å². The Morgan fingerprint density at radius 2 is 0.946 bits per heavy atom. The van der Waals surface area contributed by atoms with Gasteiger partial charge in [-0.3, -0.25) is 9.13 Å². The second-order valence-electron chi connectivity index (χ2n) is 14.6. The molecule has 56 heavy (non-hydrogen) atoms. The van der Waals surface area contributed by atoms with Crippen LogP contribution in [0.25, 0.3) is 66.6 Å². The molecule has 0 radical (unpaired) electrons. The van der Waals surface area contributed by atoms with Gasteiger partial charge in [0, 0.05) is 22.2 Å². The van der Waals surface area contributed by atoms with Crippen LogP contribution in [0.2, 0.25) is 0 Å². The molecule has 0 aliphatic carbocycles. The maximum absolute atomic E-state index is 12.6. The van der Waals surface area contributed by atoms with E-state index >= 15 is 0 Å². The van der Waals surface area contributed by atoms with Gasteiger partial charge in [0.05, 0.1) is 44.4 Å². The maximum atomic E-state index is 12.6. The number of aryl methyl sites for hydroxylation is 4. The largest absolute Gasteiger partial charge is 0.356 e. The first-order valence-electron chi connectivity index (χ1n) is 19.0. The molecule has 0 saturated carbocycles. The van der Waals surface area contributed by atoms with Gasteiger partial charge < -0.3 is 29.5 Å². The van der Waals surface area contributed by atoms with E-state index in [9.17, 15) is 28.7 Å². The van der Waals surface area contributed by atoms with E-state index in [2.05, 4.69) is 63.6 Å². The Bertz CT molecular complexity index is 2670. The third-order valence-corrected chi connectivity index (χ3v) is 13.3. The molecule has 2 aliphatic rings. The first-order valence-corrected chi connectivity index (χ1v) is 22.3. The van der Waals surface area contributed by atoms with E-state index in [1.165, 1.54) is 12.1 Å². The normalized spacial score (nSPS) is 13.6. The fourth-order valence-electron chi connectivity index (χ4n) is 8.56. The van der Waals surface area contributed by atoms with Crippen molar-refractivity contribution in [3.63, 3.8) is 0 Å². The summed E-state index contributed by atoms with van der Waals surface area (Å²) in [4.78, 5) is 59.1.